The molecule has 2 nitrogen and oxygen atoms in total. The van der Waals surface area contributed by atoms with Crippen molar-refractivity contribution < 1.29 is 9.84 Å². The lowest BCUT2D eigenvalue weighted by Crippen LogP contribution is -2.37. The van der Waals surface area contributed by atoms with Crippen LogP contribution in [0, 0.1) is 3.57 Å². The number of aliphatic hydroxyl groups excluding tert-OH is 1. The smallest absolute Gasteiger partial charge is 0.133 e. The molecule has 1 aliphatic rings. The molecular formula is C10H11IO2. The van der Waals surface area contributed by atoms with E-state index in [1.165, 1.54) is 0 Å². The lowest BCUT2D eigenvalue weighted by molar-refractivity contribution is -0.0111. The van der Waals surface area contributed by atoms with E-state index in [0.29, 0.717) is 0 Å². The summed E-state index contributed by atoms with van der Waals surface area (Å²) in [6.07, 6.45) is 1.60. The first-order chi connectivity index (χ1) is 6.25. The molecule has 1 N–H and O–H groups in total. The molecule has 0 heterocycles. The monoisotopic (exact) mass is 290 g/mol. The minimum atomic E-state index is -0.147. The number of hydrogen-bond donors (Lipinski definition) is 1. The average molecular weight is 290 g/mol. The molecule has 0 aromatic heterocycles. The van der Waals surface area contributed by atoms with Crippen molar-refractivity contribution in [3.63, 3.8) is 0 Å². The first kappa shape index (κ1) is 9.27. The fourth-order valence-corrected chi connectivity index (χ4v) is 1.87. The van der Waals surface area contributed by atoms with E-state index in [0.717, 1.165) is 22.2 Å². The fourth-order valence-electron chi connectivity index (χ4n) is 1.35. The maximum absolute atomic E-state index is 9.08. The van der Waals surface area contributed by atoms with Crippen LogP contribution in [0.2, 0.25) is 0 Å². The predicted octanol–water partition coefficient (Wildman–Crippen LogP) is 2.19. The zero-order valence-electron chi connectivity index (χ0n) is 7.11. The van der Waals surface area contributed by atoms with Crippen LogP contribution >= 0.6 is 22.6 Å². The average Bonchev–Trinajstić information content (AvgIpc) is 2.06. The standard InChI is InChI=1S/C10H11IO2/c11-9-3-1-2-4-10(9)13-8-5-7(12)6-8/h1-4,7-8,12H,5-6H2. The largest absolute Gasteiger partial charge is 0.489 e. The first-order valence-electron chi connectivity index (χ1n) is 4.35. The third-order valence-electron chi connectivity index (χ3n) is 2.20. The van der Waals surface area contributed by atoms with Gasteiger partial charge < -0.3 is 9.84 Å². The normalized spacial score (nSPS) is 26.6. The summed E-state index contributed by atoms with van der Waals surface area (Å²) in [5.41, 5.74) is 0. The van der Waals surface area contributed by atoms with Crippen LogP contribution in [-0.4, -0.2) is 17.3 Å². The van der Waals surface area contributed by atoms with Crippen LogP contribution in [0.3, 0.4) is 0 Å². The quantitative estimate of drug-likeness (QED) is 0.846. The van der Waals surface area contributed by atoms with E-state index in [1.54, 1.807) is 0 Å². The highest BCUT2D eigenvalue weighted by Crippen LogP contribution is 2.28. The molecule has 0 aliphatic heterocycles. The number of aliphatic hydroxyl groups is 1. The second-order valence-corrected chi connectivity index (χ2v) is 4.46. The van der Waals surface area contributed by atoms with Crippen molar-refractivity contribution in [2.75, 3.05) is 0 Å². The first-order valence-corrected chi connectivity index (χ1v) is 5.43. The van der Waals surface area contributed by atoms with Crippen LogP contribution in [0.25, 0.3) is 0 Å². The highest BCUT2D eigenvalue weighted by atomic mass is 127. The van der Waals surface area contributed by atoms with E-state index in [1.807, 2.05) is 24.3 Å². The van der Waals surface area contributed by atoms with Crippen molar-refractivity contribution in [3.05, 3.63) is 27.8 Å². The van der Waals surface area contributed by atoms with E-state index in [-0.39, 0.29) is 12.2 Å². The Labute approximate surface area is 91.1 Å². The Hall–Kier alpha value is -0.290. The molecule has 1 aromatic carbocycles. The van der Waals surface area contributed by atoms with Gasteiger partial charge in [-0.3, -0.25) is 0 Å². The minimum absolute atomic E-state index is 0.147. The number of para-hydroxylation sites is 1. The molecule has 1 aromatic rings. The maximum Gasteiger partial charge on any atom is 0.133 e. The van der Waals surface area contributed by atoms with E-state index >= 15 is 0 Å². The zero-order valence-corrected chi connectivity index (χ0v) is 9.27. The van der Waals surface area contributed by atoms with Gasteiger partial charge >= 0.3 is 0 Å². The van der Waals surface area contributed by atoms with Crippen molar-refractivity contribution in [1.29, 1.82) is 0 Å². The van der Waals surface area contributed by atoms with Gasteiger partial charge in [0.1, 0.15) is 11.9 Å². The molecule has 0 unspecified atom stereocenters. The van der Waals surface area contributed by atoms with Gasteiger partial charge in [0, 0.05) is 12.8 Å². The Morgan fingerprint density at radius 1 is 1.31 bits per heavy atom. The molecule has 2 rings (SSSR count). The Bertz CT molecular complexity index is 295. The molecule has 13 heavy (non-hydrogen) atoms. The molecule has 0 saturated heterocycles. The number of hydrogen-bond acceptors (Lipinski definition) is 2. The summed E-state index contributed by atoms with van der Waals surface area (Å²) in [4.78, 5) is 0. The number of halogens is 1. The van der Waals surface area contributed by atoms with Gasteiger partial charge in [-0.25, -0.2) is 0 Å². The molecular weight excluding hydrogens is 279 g/mol. The van der Waals surface area contributed by atoms with Crippen LogP contribution in [0.1, 0.15) is 12.8 Å². The topological polar surface area (TPSA) is 29.5 Å². The van der Waals surface area contributed by atoms with Crippen LogP contribution in [0.5, 0.6) is 5.75 Å². The molecule has 3 heteroatoms. The Morgan fingerprint density at radius 3 is 2.62 bits per heavy atom. The van der Waals surface area contributed by atoms with Gasteiger partial charge in [-0.1, -0.05) is 12.1 Å². The summed E-state index contributed by atoms with van der Waals surface area (Å²) in [6, 6.07) is 7.94. The van der Waals surface area contributed by atoms with Crippen molar-refractivity contribution in [3.8, 4) is 5.75 Å². The van der Waals surface area contributed by atoms with E-state index in [4.69, 9.17) is 9.84 Å². The summed E-state index contributed by atoms with van der Waals surface area (Å²) in [6.45, 7) is 0. The van der Waals surface area contributed by atoms with Gasteiger partial charge in [-0.05, 0) is 34.7 Å². The lowest BCUT2D eigenvalue weighted by atomic mass is 9.92. The molecule has 1 aliphatic carbocycles. The summed E-state index contributed by atoms with van der Waals surface area (Å²) in [5, 5.41) is 9.08. The lowest BCUT2D eigenvalue weighted by Gasteiger charge is -2.31. The molecule has 0 amide bonds. The second-order valence-electron chi connectivity index (χ2n) is 3.30. The third kappa shape index (κ3) is 2.14. The van der Waals surface area contributed by atoms with Gasteiger partial charge in [0.05, 0.1) is 9.67 Å². The van der Waals surface area contributed by atoms with Crippen LogP contribution < -0.4 is 4.74 Å². The van der Waals surface area contributed by atoms with E-state index in [2.05, 4.69) is 22.6 Å². The summed E-state index contributed by atoms with van der Waals surface area (Å²) in [5.74, 6) is 0.931. The zero-order chi connectivity index (χ0) is 9.26. The molecule has 70 valence electrons. The Balaban J connectivity index is 1.98. The summed E-state index contributed by atoms with van der Waals surface area (Å²) in [7, 11) is 0. The fraction of sp³-hybridized carbons (Fsp3) is 0.400. The third-order valence-corrected chi connectivity index (χ3v) is 3.09. The number of benzene rings is 1. The molecule has 1 saturated carbocycles. The van der Waals surface area contributed by atoms with Crippen molar-refractivity contribution in [2.24, 2.45) is 0 Å². The molecule has 0 spiro atoms. The summed E-state index contributed by atoms with van der Waals surface area (Å²) < 4.78 is 6.81. The highest BCUT2D eigenvalue weighted by Gasteiger charge is 2.29. The predicted molar refractivity (Wildman–Crippen MR) is 58.8 cm³/mol. The SMILES string of the molecule is OC1CC(Oc2ccccc2I)C1. The van der Waals surface area contributed by atoms with Gasteiger partial charge in [-0.15, -0.1) is 0 Å². The molecule has 0 radical (unpaired) electrons. The van der Waals surface area contributed by atoms with Crippen LogP contribution in [0.4, 0.5) is 0 Å². The second kappa shape index (κ2) is 3.84. The number of ether oxygens (including phenoxy) is 1. The number of rotatable bonds is 2. The van der Waals surface area contributed by atoms with Crippen molar-refractivity contribution >= 4 is 22.6 Å². The Morgan fingerprint density at radius 2 is 2.00 bits per heavy atom. The molecule has 0 atom stereocenters. The minimum Gasteiger partial charge on any atom is -0.489 e. The Kier molecular flexibility index (Phi) is 2.74. The molecule has 1 fully saturated rings. The van der Waals surface area contributed by atoms with Gasteiger partial charge in [0.2, 0.25) is 0 Å². The van der Waals surface area contributed by atoms with Crippen LogP contribution in [-0.2, 0) is 0 Å². The summed E-state index contributed by atoms with van der Waals surface area (Å²) >= 11 is 2.25. The van der Waals surface area contributed by atoms with Gasteiger partial charge in [0.15, 0.2) is 0 Å². The van der Waals surface area contributed by atoms with Crippen LogP contribution in [0.15, 0.2) is 24.3 Å². The van der Waals surface area contributed by atoms with Gasteiger partial charge in [-0.2, -0.15) is 0 Å². The van der Waals surface area contributed by atoms with Crippen molar-refractivity contribution in [2.45, 2.75) is 25.0 Å². The van der Waals surface area contributed by atoms with Crippen molar-refractivity contribution in [1.82, 2.24) is 0 Å². The van der Waals surface area contributed by atoms with E-state index < -0.39 is 0 Å². The maximum atomic E-state index is 9.08. The van der Waals surface area contributed by atoms with Gasteiger partial charge in [0.25, 0.3) is 0 Å². The molecule has 0 bridgehead atoms. The van der Waals surface area contributed by atoms with E-state index in [9.17, 15) is 0 Å². The highest BCUT2D eigenvalue weighted by molar-refractivity contribution is 14.1.